The van der Waals surface area contributed by atoms with Crippen LogP contribution >= 0.6 is 0 Å². The quantitative estimate of drug-likeness (QED) is 0.451. The Hall–Kier alpha value is -3.69. The Morgan fingerprint density at radius 3 is 2.29 bits per heavy atom. The molecule has 0 aliphatic rings. The van der Waals surface area contributed by atoms with E-state index in [2.05, 4.69) is 4.98 Å². The number of carboxylic acid groups (broad SMARTS) is 1. The van der Waals surface area contributed by atoms with E-state index in [0.717, 1.165) is 0 Å². The fourth-order valence-corrected chi connectivity index (χ4v) is 2.49. The van der Waals surface area contributed by atoms with Crippen molar-refractivity contribution in [2.24, 2.45) is 0 Å². The molecule has 10 nitrogen and oxygen atoms in total. The van der Waals surface area contributed by atoms with Crippen LogP contribution in [0.3, 0.4) is 0 Å². The topological polar surface area (TPSA) is 138 Å². The second-order valence-electron chi connectivity index (χ2n) is 6.01. The highest BCUT2D eigenvalue weighted by Gasteiger charge is 2.25. The van der Waals surface area contributed by atoms with Gasteiger partial charge in [-0.25, -0.2) is 9.59 Å². The number of rotatable bonds is 5. The molecule has 0 saturated carbocycles. The summed E-state index contributed by atoms with van der Waals surface area (Å²) in [5.41, 5.74) is 0.466. The number of aryl methyl sites for hydroxylation is 2. The molecule has 0 atom stereocenters. The van der Waals surface area contributed by atoms with Gasteiger partial charge in [-0.3, -0.25) is 15.1 Å². The number of hydrogen-bond acceptors (Lipinski definition) is 8. The molecule has 28 heavy (non-hydrogen) atoms. The summed E-state index contributed by atoms with van der Waals surface area (Å²) in [5.74, 6) is -0.320. The first-order chi connectivity index (χ1) is 13.1. The zero-order valence-corrected chi connectivity index (χ0v) is 15.6. The van der Waals surface area contributed by atoms with Gasteiger partial charge in [0.2, 0.25) is 0 Å². The van der Waals surface area contributed by atoms with Crippen molar-refractivity contribution >= 4 is 18.0 Å². The van der Waals surface area contributed by atoms with Crippen molar-refractivity contribution < 1.29 is 33.8 Å². The minimum atomic E-state index is -1.61. The van der Waals surface area contributed by atoms with Gasteiger partial charge < -0.3 is 19.3 Å². The summed E-state index contributed by atoms with van der Waals surface area (Å²) in [7, 11) is 0. The maximum absolute atomic E-state index is 12.0. The molecule has 0 aliphatic carbocycles. The number of benzene rings is 1. The molecule has 0 saturated heterocycles. The van der Waals surface area contributed by atoms with E-state index in [0.29, 0.717) is 0 Å². The molecule has 1 aromatic heterocycles. The average Bonchev–Trinajstić information content (AvgIpc) is 2.58. The summed E-state index contributed by atoms with van der Waals surface area (Å²) < 4.78 is 15.1. The van der Waals surface area contributed by atoms with E-state index in [1.807, 2.05) is 0 Å². The number of ether oxygens (including phenoxy) is 3. The van der Waals surface area contributed by atoms with E-state index in [1.54, 1.807) is 13.8 Å². The third kappa shape index (κ3) is 4.72. The molecule has 0 radical (unpaired) electrons. The Labute approximate surface area is 159 Å². The van der Waals surface area contributed by atoms with E-state index in [-0.39, 0.29) is 39.7 Å². The first-order valence-electron chi connectivity index (χ1n) is 8.15. The molecule has 1 N–H and O–H groups in total. The maximum Gasteiger partial charge on any atom is 0.514 e. The van der Waals surface area contributed by atoms with Gasteiger partial charge in [-0.05, 0) is 33.3 Å². The summed E-state index contributed by atoms with van der Waals surface area (Å²) in [6.45, 7) is 6.29. The number of pyridine rings is 1. The van der Waals surface area contributed by atoms with Gasteiger partial charge in [-0.15, -0.1) is 0 Å². The molecule has 0 unspecified atom stereocenters. The Morgan fingerprint density at radius 2 is 1.75 bits per heavy atom. The van der Waals surface area contributed by atoms with Crippen LogP contribution in [-0.4, -0.2) is 33.4 Å². The summed E-state index contributed by atoms with van der Waals surface area (Å²) in [6.07, 6.45) is -3.10. The lowest BCUT2D eigenvalue weighted by Gasteiger charge is -2.18. The van der Waals surface area contributed by atoms with Crippen LogP contribution < -0.4 is 9.47 Å². The first kappa shape index (κ1) is 20.6. The van der Waals surface area contributed by atoms with Gasteiger partial charge in [-0.2, -0.15) is 0 Å². The van der Waals surface area contributed by atoms with Gasteiger partial charge in [0.05, 0.1) is 28.0 Å². The third-order valence-corrected chi connectivity index (χ3v) is 3.50. The van der Waals surface area contributed by atoms with Crippen LogP contribution in [0.15, 0.2) is 24.3 Å². The van der Waals surface area contributed by atoms with E-state index in [9.17, 15) is 19.7 Å². The van der Waals surface area contributed by atoms with E-state index >= 15 is 0 Å². The highest BCUT2D eigenvalue weighted by Crippen LogP contribution is 2.43. The van der Waals surface area contributed by atoms with Crippen LogP contribution in [0, 0.1) is 24.0 Å². The average molecular weight is 390 g/mol. The van der Waals surface area contributed by atoms with Crippen LogP contribution in [0.2, 0.25) is 0 Å². The molecule has 10 heteroatoms. The Bertz CT molecular complexity index is 939. The van der Waals surface area contributed by atoms with Crippen molar-refractivity contribution in [2.75, 3.05) is 0 Å². The van der Waals surface area contributed by atoms with Gasteiger partial charge >= 0.3 is 12.3 Å². The minimum Gasteiger partial charge on any atom is -0.449 e. The molecule has 0 fully saturated rings. The van der Waals surface area contributed by atoms with Crippen molar-refractivity contribution in [2.45, 2.75) is 33.8 Å². The van der Waals surface area contributed by atoms with Crippen LogP contribution in [0.5, 0.6) is 11.5 Å². The molecule has 148 valence electrons. The standard InChI is InChI=1S/C18H18N2O8/c1-9(2)26-18(23)28-16-11(4)19-10(3)15(27-17(21)22)14(16)12-6-5-7-13(8-12)20(24)25/h5-9H,1-4H3,(H,21,22). The van der Waals surface area contributed by atoms with Crippen molar-refractivity contribution in [3.8, 4) is 22.6 Å². The molecule has 0 spiro atoms. The van der Waals surface area contributed by atoms with Crippen molar-refractivity contribution in [3.05, 3.63) is 45.8 Å². The van der Waals surface area contributed by atoms with Crippen LogP contribution in [0.25, 0.3) is 11.1 Å². The number of nitrogens with zero attached hydrogens (tertiary/aromatic N) is 2. The first-order valence-corrected chi connectivity index (χ1v) is 8.15. The molecule has 1 heterocycles. The third-order valence-electron chi connectivity index (χ3n) is 3.50. The van der Waals surface area contributed by atoms with E-state index in [1.165, 1.54) is 38.1 Å². The Balaban J connectivity index is 2.73. The van der Waals surface area contributed by atoms with Crippen LogP contribution in [-0.2, 0) is 4.74 Å². The predicted octanol–water partition coefficient (Wildman–Crippen LogP) is 4.25. The molecular weight excluding hydrogens is 372 g/mol. The van der Waals surface area contributed by atoms with Gasteiger partial charge in [0.1, 0.15) is 0 Å². The number of carbonyl (C=O) groups excluding carboxylic acids is 1. The lowest BCUT2D eigenvalue weighted by Crippen LogP contribution is -2.17. The molecule has 2 aromatic rings. The van der Waals surface area contributed by atoms with E-state index in [4.69, 9.17) is 19.3 Å². The maximum atomic E-state index is 12.0. The van der Waals surface area contributed by atoms with Gasteiger partial charge in [0, 0.05) is 12.1 Å². The van der Waals surface area contributed by atoms with Crippen LogP contribution in [0.1, 0.15) is 25.2 Å². The monoisotopic (exact) mass is 390 g/mol. The number of non-ortho nitro benzene ring substituents is 1. The van der Waals surface area contributed by atoms with E-state index < -0.39 is 23.3 Å². The van der Waals surface area contributed by atoms with Crippen molar-refractivity contribution in [3.63, 3.8) is 0 Å². The number of nitro groups is 1. The van der Waals surface area contributed by atoms with Crippen molar-refractivity contribution in [1.82, 2.24) is 4.98 Å². The zero-order chi connectivity index (χ0) is 21.0. The summed E-state index contributed by atoms with van der Waals surface area (Å²) in [6, 6.07) is 5.40. The highest BCUT2D eigenvalue weighted by molar-refractivity contribution is 5.84. The zero-order valence-electron chi connectivity index (χ0n) is 15.6. The highest BCUT2D eigenvalue weighted by atomic mass is 16.7. The number of hydrogen-bond donors (Lipinski definition) is 1. The summed E-state index contributed by atoms with van der Waals surface area (Å²) in [4.78, 5) is 37.8. The van der Waals surface area contributed by atoms with Crippen molar-refractivity contribution in [1.29, 1.82) is 0 Å². The lowest BCUT2D eigenvalue weighted by atomic mass is 10.0. The molecule has 1 aromatic carbocycles. The molecule has 2 rings (SSSR count). The normalized spacial score (nSPS) is 10.5. The second kappa shape index (κ2) is 8.33. The Kier molecular flexibility index (Phi) is 6.14. The van der Waals surface area contributed by atoms with Gasteiger partial charge in [0.25, 0.3) is 5.69 Å². The molecule has 0 bridgehead atoms. The second-order valence-corrected chi connectivity index (χ2v) is 6.01. The van der Waals surface area contributed by atoms with Crippen LogP contribution in [0.4, 0.5) is 15.3 Å². The smallest absolute Gasteiger partial charge is 0.449 e. The predicted molar refractivity (Wildman–Crippen MR) is 96.7 cm³/mol. The SMILES string of the molecule is Cc1nc(C)c(OC(=O)OC(C)C)c(-c2cccc([N+](=O)[O-])c2)c1OC(=O)O. The van der Waals surface area contributed by atoms with Gasteiger partial charge in [0.15, 0.2) is 11.5 Å². The largest absolute Gasteiger partial charge is 0.514 e. The lowest BCUT2D eigenvalue weighted by molar-refractivity contribution is -0.384. The Morgan fingerprint density at radius 1 is 1.14 bits per heavy atom. The molecular formula is C18H18N2O8. The fraction of sp³-hybridized carbons (Fsp3) is 0.278. The minimum absolute atomic E-state index is 0.0387. The van der Waals surface area contributed by atoms with Gasteiger partial charge in [-0.1, -0.05) is 12.1 Å². The number of nitro benzene ring substituents is 1. The number of carbonyl (C=O) groups is 2. The number of aromatic nitrogens is 1. The summed E-state index contributed by atoms with van der Waals surface area (Å²) >= 11 is 0. The molecule has 0 amide bonds. The fourth-order valence-electron chi connectivity index (χ4n) is 2.49. The summed E-state index contributed by atoms with van der Waals surface area (Å²) in [5, 5.41) is 20.2. The molecule has 0 aliphatic heterocycles.